The number of pyridine rings is 2. The van der Waals surface area contributed by atoms with Crippen LogP contribution in [-0.2, 0) is 16.6 Å². The van der Waals surface area contributed by atoms with Crippen LogP contribution in [0.4, 0.5) is 0 Å². The number of primary amides is 1. The van der Waals surface area contributed by atoms with E-state index >= 15 is 0 Å². The van der Waals surface area contributed by atoms with Gasteiger partial charge >= 0.3 is 0 Å². The van der Waals surface area contributed by atoms with Crippen LogP contribution in [0.5, 0.6) is 0 Å². The zero-order valence-corrected chi connectivity index (χ0v) is 12.4. The second kappa shape index (κ2) is 5.56. The topological polar surface area (TPSA) is 68.9 Å². The third-order valence-electron chi connectivity index (χ3n) is 3.98. The number of benzene rings is 1. The summed E-state index contributed by atoms with van der Waals surface area (Å²) in [6, 6.07) is 15.5. The minimum Gasteiger partial charge on any atom is -0.369 e. The Morgan fingerprint density at radius 1 is 1.14 bits per heavy atom. The molecule has 4 nitrogen and oxygen atoms in total. The van der Waals surface area contributed by atoms with Crippen molar-refractivity contribution in [1.82, 2.24) is 9.97 Å². The fourth-order valence-corrected chi connectivity index (χ4v) is 2.61. The number of carbonyl (C=O) groups is 1. The highest BCUT2D eigenvalue weighted by Crippen LogP contribution is 2.27. The quantitative estimate of drug-likeness (QED) is 0.803. The smallest absolute Gasteiger partial charge is 0.229 e. The van der Waals surface area contributed by atoms with Gasteiger partial charge in [0.2, 0.25) is 5.91 Å². The summed E-state index contributed by atoms with van der Waals surface area (Å²) in [6.45, 7) is 1.83. The Labute approximate surface area is 129 Å². The lowest BCUT2D eigenvalue weighted by molar-refractivity contribution is -0.123. The standard InChI is InChI=1S/C18H17N3O/c1-18(17(19)22,16-8-4-5-9-20-16)11-13-10-14-6-2-3-7-15(14)21-12-13/h2-10,12H,11H2,1H3,(H2,19,22). The maximum absolute atomic E-state index is 12.1. The molecular formula is C18H17N3O. The molecule has 110 valence electrons. The molecule has 0 radical (unpaired) electrons. The molecule has 1 unspecified atom stereocenters. The van der Waals surface area contributed by atoms with Crippen molar-refractivity contribution in [2.45, 2.75) is 18.8 Å². The molecule has 2 aromatic heterocycles. The maximum atomic E-state index is 12.1. The van der Waals surface area contributed by atoms with Crippen molar-refractivity contribution in [3.05, 3.63) is 72.2 Å². The Kier molecular flexibility index (Phi) is 3.59. The van der Waals surface area contributed by atoms with E-state index in [9.17, 15) is 4.79 Å². The zero-order chi connectivity index (χ0) is 15.6. The first-order valence-electron chi connectivity index (χ1n) is 7.15. The van der Waals surface area contributed by atoms with Crippen LogP contribution >= 0.6 is 0 Å². The fraction of sp³-hybridized carbons (Fsp3) is 0.167. The van der Waals surface area contributed by atoms with Gasteiger partial charge in [-0.15, -0.1) is 0 Å². The van der Waals surface area contributed by atoms with Crippen LogP contribution in [0.3, 0.4) is 0 Å². The van der Waals surface area contributed by atoms with Gasteiger partial charge in [0.05, 0.1) is 16.6 Å². The van der Waals surface area contributed by atoms with Gasteiger partial charge in [-0.25, -0.2) is 0 Å². The molecule has 22 heavy (non-hydrogen) atoms. The van der Waals surface area contributed by atoms with Crippen LogP contribution in [-0.4, -0.2) is 15.9 Å². The molecule has 3 rings (SSSR count). The average molecular weight is 291 g/mol. The molecule has 0 bridgehead atoms. The molecule has 0 aliphatic heterocycles. The second-order valence-corrected chi connectivity index (χ2v) is 5.62. The van der Waals surface area contributed by atoms with Gasteiger partial charge in [0, 0.05) is 17.8 Å². The minimum absolute atomic E-state index is 0.389. The van der Waals surface area contributed by atoms with Crippen LogP contribution in [0.2, 0.25) is 0 Å². The molecule has 0 saturated carbocycles. The van der Waals surface area contributed by atoms with E-state index in [2.05, 4.69) is 9.97 Å². The van der Waals surface area contributed by atoms with Gasteiger partial charge in [0.25, 0.3) is 0 Å². The number of rotatable bonds is 4. The number of nitrogens with zero attached hydrogens (tertiary/aromatic N) is 2. The summed E-state index contributed by atoms with van der Waals surface area (Å²) in [4.78, 5) is 20.8. The van der Waals surface area contributed by atoms with Crippen molar-refractivity contribution >= 4 is 16.8 Å². The van der Waals surface area contributed by atoms with Crippen molar-refractivity contribution in [1.29, 1.82) is 0 Å². The number of nitrogens with two attached hydrogens (primary N) is 1. The summed E-state index contributed by atoms with van der Waals surface area (Å²) in [7, 11) is 0. The molecule has 1 amide bonds. The predicted octanol–water partition coefficient (Wildman–Crippen LogP) is 2.62. The number of carbonyl (C=O) groups excluding carboxylic acids is 1. The van der Waals surface area contributed by atoms with E-state index < -0.39 is 5.41 Å². The van der Waals surface area contributed by atoms with E-state index in [1.165, 1.54) is 0 Å². The Hall–Kier alpha value is -2.75. The summed E-state index contributed by atoms with van der Waals surface area (Å²) in [6.07, 6.45) is 3.94. The highest BCUT2D eigenvalue weighted by Gasteiger charge is 2.34. The van der Waals surface area contributed by atoms with E-state index in [4.69, 9.17) is 5.73 Å². The highest BCUT2D eigenvalue weighted by molar-refractivity contribution is 5.86. The van der Waals surface area contributed by atoms with E-state index in [0.29, 0.717) is 12.1 Å². The second-order valence-electron chi connectivity index (χ2n) is 5.62. The average Bonchev–Trinajstić information content (AvgIpc) is 2.55. The molecule has 2 heterocycles. The first-order chi connectivity index (χ1) is 10.6. The van der Waals surface area contributed by atoms with Crippen LogP contribution in [0.25, 0.3) is 10.9 Å². The number of hydrogen-bond acceptors (Lipinski definition) is 3. The van der Waals surface area contributed by atoms with Crippen LogP contribution in [0.1, 0.15) is 18.2 Å². The highest BCUT2D eigenvalue weighted by atomic mass is 16.1. The van der Waals surface area contributed by atoms with Gasteiger partial charge in [-0.2, -0.15) is 0 Å². The molecule has 1 atom stereocenters. The number of hydrogen-bond donors (Lipinski definition) is 1. The Morgan fingerprint density at radius 3 is 2.64 bits per heavy atom. The molecule has 3 aromatic rings. The normalized spacial score (nSPS) is 13.7. The molecule has 1 aromatic carbocycles. The summed E-state index contributed by atoms with van der Waals surface area (Å²) < 4.78 is 0. The SMILES string of the molecule is CC(Cc1cnc2ccccc2c1)(C(N)=O)c1ccccn1. The number of aromatic nitrogens is 2. The van der Waals surface area contributed by atoms with Crippen LogP contribution < -0.4 is 5.73 Å². The molecular weight excluding hydrogens is 274 g/mol. The van der Waals surface area contributed by atoms with Crippen molar-refractivity contribution < 1.29 is 4.79 Å². The molecule has 2 N–H and O–H groups in total. The fourth-order valence-electron chi connectivity index (χ4n) is 2.61. The Balaban J connectivity index is 2.01. The summed E-state index contributed by atoms with van der Waals surface area (Å²) in [5.41, 5.74) is 7.38. The molecule has 0 aliphatic carbocycles. The van der Waals surface area contributed by atoms with Crippen LogP contribution in [0, 0.1) is 0 Å². The maximum Gasteiger partial charge on any atom is 0.229 e. The monoisotopic (exact) mass is 291 g/mol. The summed E-state index contributed by atoms with van der Waals surface area (Å²) >= 11 is 0. The van der Waals surface area contributed by atoms with Crippen molar-refractivity contribution in [2.75, 3.05) is 0 Å². The van der Waals surface area contributed by atoms with Gasteiger partial charge in [-0.1, -0.05) is 24.3 Å². The van der Waals surface area contributed by atoms with E-state index in [1.807, 2.05) is 55.5 Å². The number of para-hydroxylation sites is 1. The lowest BCUT2D eigenvalue weighted by Crippen LogP contribution is -2.41. The van der Waals surface area contributed by atoms with Gasteiger partial charge < -0.3 is 5.73 Å². The van der Waals surface area contributed by atoms with Gasteiger partial charge in [-0.3, -0.25) is 14.8 Å². The third-order valence-corrected chi connectivity index (χ3v) is 3.98. The first kappa shape index (κ1) is 14.2. The molecule has 4 heteroatoms. The zero-order valence-electron chi connectivity index (χ0n) is 12.4. The predicted molar refractivity (Wildman–Crippen MR) is 86.2 cm³/mol. The number of fused-ring (bicyclic) bond motifs is 1. The van der Waals surface area contributed by atoms with Crippen molar-refractivity contribution in [3.63, 3.8) is 0 Å². The van der Waals surface area contributed by atoms with Crippen molar-refractivity contribution in [3.8, 4) is 0 Å². The largest absolute Gasteiger partial charge is 0.369 e. The third kappa shape index (κ3) is 2.55. The van der Waals surface area contributed by atoms with Gasteiger partial charge in [0.1, 0.15) is 0 Å². The molecule has 0 saturated heterocycles. The number of amides is 1. The van der Waals surface area contributed by atoms with Crippen molar-refractivity contribution in [2.24, 2.45) is 5.73 Å². The van der Waals surface area contributed by atoms with E-state index in [1.54, 1.807) is 12.4 Å². The minimum atomic E-state index is -0.856. The first-order valence-corrected chi connectivity index (χ1v) is 7.15. The lowest BCUT2D eigenvalue weighted by Gasteiger charge is -2.25. The van der Waals surface area contributed by atoms with Gasteiger partial charge in [-0.05, 0) is 43.2 Å². The summed E-state index contributed by atoms with van der Waals surface area (Å²) in [5, 5.41) is 1.05. The molecule has 0 aliphatic rings. The van der Waals surface area contributed by atoms with Gasteiger partial charge in [0.15, 0.2) is 0 Å². The Morgan fingerprint density at radius 2 is 1.91 bits per heavy atom. The van der Waals surface area contributed by atoms with E-state index in [-0.39, 0.29) is 5.91 Å². The van der Waals surface area contributed by atoms with Crippen LogP contribution in [0.15, 0.2) is 60.9 Å². The molecule has 0 spiro atoms. The van der Waals surface area contributed by atoms with E-state index in [0.717, 1.165) is 16.5 Å². The molecule has 0 fully saturated rings. The Bertz CT molecular complexity index is 817. The summed E-state index contributed by atoms with van der Waals surface area (Å²) in [5.74, 6) is -0.389. The lowest BCUT2D eigenvalue weighted by atomic mass is 9.79.